The Morgan fingerprint density at radius 2 is 1.96 bits per heavy atom. The van der Waals surface area contributed by atoms with E-state index in [1.807, 2.05) is 60.7 Å². The van der Waals surface area contributed by atoms with E-state index in [1.54, 1.807) is 12.1 Å². The molecule has 0 fully saturated rings. The van der Waals surface area contributed by atoms with Crippen molar-refractivity contribution in [3.05, 3.63) is 78.0 Å². The van der Waals surface area contributed by atoms with Crippen LogP contribution in [0.1, 0.15) is 29.4 Å². The van der Waals surface area contributed by atoms with Crippen LogP contribution in [0.15, 0.2) is 71.8 Å². The summed E-state index contributed by atoms with van der Waals surface area (Å²) in [6, 6.07) is 19.1. The smallest absolute Gasteiger partial charge is 0.289 e. The summed E-state index contributed by atoms with van der Waals surface area (Å²) in [5.74, 6) is 0.377. The Kier molecular flexibility index (Phi) is 6.73. The average Bonchev–Trinajstić information content (AvgIpc) is 3.23. The molecule has 3 rings (SSSR count). The quantitative estimate of drug-likeness (QED) is 0.456. The number of hydrogen-bond acceptors (Lipinski definition) is 4. The molecule has 0 bridgehead atoms. The van der Waals surface area contributed by atoms with Crippen LogP contribution >= 0.6 is 0 Å². The number of hydrazone groups is 1. The van der Waals surface area contributed by atoms with Gasteiger partial charge in [-0.25, -0.2) is 5.43 Å². The lowest BCUT2D eigenvalue weighted by atomic mass is 10.1. The van der Waals surface area contributed by atoms with Crippen molar-refractivity contribution < 1.29 is 9.53 Å². The second-order valence-corrected chi connectivity index (χ2v) is 6.00. The molecule has 142 valence electrons. The fraction of sp³-hybridized carbons (Fsp3) is 0.136. The minimum atomic E-state index is -0.366. The van der Waals surface area contributed by atoms with E-state index in [-0.39, 0.29) is 5.91 Å². The van der Waals surface area contributed by atoms with Crippen molar-refractivity contribution in [3.8, 4) is 17.0 Å². The first-order valence-corrected chi connectivity index (χ1v) is 9.10. The van der Waals surface area contributed by atoms with Gasteiger partial charge in [0, 0.05) is 11.8 Å². The number of ether oxygens (including phenoxy) is 1. The molecule has 0 saturated heterocycles. The third kappa shape index (κ3) is 5.17. The average molecular weight is 374 g/mol. The molecule has 0 aliphatic heterocycles. The number of carbonyl (C=O) groups is 1. The summed E-state index contributed by atoms with van der Waals surface area (Å²) >= 11 is 0. The summed E-state index contributed by atoms with van der Waals surface area (Å²) < 4.78 is 5.75. The number of benzene rings is 2. The number of hydrogen-bond donors (Lipinski definition) is 2. The van der Waals surface area contributed by atoms with Crippen molar-refractivity contribution >= 4 is 18.2 Å². The summed E-state index contributed by atoms with van der Waals surface area (Å²) in [5, 5.41) is 10.9. The molecule has 0 spiro atoms. The topological polar surface area (TPSA) is 79.4 Å². The fourth-order valence-corrected chi connectivity index (χ4v) is 2.51. The predicted octanol–water partition coefficient (Wildman–Crippen LogP) is 4.29. The first kappa shape index (κ1) is 19.1. The number of nitrogens with zero attached hydrogens (tertiary/aromatic N) is 2. The number of para-hydroxylation sites is 1. The molecule has 2 aromatic carbocycles. The summed E-state index contributed by atoms with van der Waals surface area (Å²) in [4.78, 5) is 12.2. The largest absolute Gasteiger partial charge is 0.493 e. The number of aromatic nitrogens is 2. The molecule has 1 amide bonds. The number of nitrogens with one attached hydrogen (secondary N) is 2. The van der Waals surface area contributed by atoms with Crippen molar-refractivity contribution in [2.45, 2.75) is 13.3 Å². The molecule has 0 aliphatic carbocycles. The van der Waals surface area contributed by atoms with Gasteiger partial charge in [-0.05, 0) is 36.3 Å². The molecule has 0 aliphatic rings. The normalized spacial score (nSPS) is 11.2. The van der Waals surface area contributed by atoms with Gasteiger partial charge in [0.25, 0.3) is 5.91 Å². The molecule has 0 saturated carbocycles. The molecule has 28 heavy (non-hydrogen) atoms. The Hall–Kier alpha value is -3.67. The van der Waals surface area contributed by atoms with Crippen molar-refractivity contribution in [1.82, 2.24) is 15.6 Å². The molecule has 6 nitrogen and oxygen atoms in total. The van der Waals surface area contributed by atoms with Gasteiger partial charge in [-0.1, -0.05) is 55.5 Å². The lowest BCUT2D eigenvalue weighted by Gasteiger charge is -2.08. The first-order chi connectivity index (χ1) is 13.8. The van der Waals surface area contributed by atoms with E-state index in [2.05, 4.69) is 27.6 Å². The van der Waals surface area contributed by atoms with Gasteiger partial charge in [0.1, 0.15) is 11.4 Å². The summed E-state index contributed by atoms with van der Waals surface area (Å²) in [6.07, 6.45) is 6.10. The van der Waals surface area contributed by atoms with Crippen molar-refractivity contribution in [1.29, 1.82) is 0 Å². The molecule has 6 heteroatoms. The van der Waals surface area contributed by atoms with Gasteiger partial charge in [0.15, 0.2) is 0 Å². The van der Waals surface area contributed by atoms with E-state index in [9.17, 15) is 4.79 Å². The molecule has 1 heterocycles. The zero-order valence-electron chi connectivity index (χ0n) is 15.6. The molecule has 0 unspecified atom stereocenters. The van der Waals surface area contributed by atoms with Crippen LogP contribution in [0.5, 0.6) is 5.75 Å². The van der Waals surface area contributed by atoms with E-state index < -0.39 is 0 Å². The van der Waals surface area contributed by atoms with E-state index in [0.717, 1.165) is 23.3 Å². The van der Waals surface area contributed by atoms with Crippen LogP contribution in [0, 0.1) is 0 Å². The Bertz CT molecular complexity index is 961. The van der Waals surface area contributed by atoms with E-state index in [4.69, 9.17) is 4.74 Å². The third-order valence-corrected chi connectivity index (χ3v) is 3.86. The van der Waals surface area contributed by atoms with Gasteiger partial charge in [0.05, 0.1) is 12.3 Å². The maximum Gasteiger partial charge on any atom is 0.289 e. The maximum absolute atomic E-state index is 12.2. The predicted molar refractivity (Wildman–Crippen MR) is 111 cm³/mol. The van der Waals surface area contributed by atoms with Crippen LogP contribution in [0.25, 0.3) is 17.3 Å². The zero-order valence-corrected chi connectivity index (χ0v) is 15.6. The highest BCUT2D eigenvalue weighted by atomic mass is 16.5. The number of H-pyrrole nitrogens is 1. The van der Waals surface area contributed by atoms with Crippen molar-refractivity contribution in [3.63, 3.8) is 0 Å². The van der Waals surface area contributed by atoms with Crippen LogP contribution in [0.4, 0.5) is 0 Å². The minimum Gasteiger partial charge on any atom is -0.493 e. The number of allylic oxidation sites excluding steroid dienone is 1. The minimum absolute atomic E-state index is 0.324. The maximum atomic E-state index is 12.2. The third-order valence-electron chi connectivity index (χ3n) is 3.86. The molecule has 2 N–H and O–H groups in total. The Morgan fingerprint density at radius 1 is 1.18 bits per heavy atom. The lowest BCUT2D eigenvalue weighted by Crippen LogP contribution is -2.17. The molecule has 1 aromatic heterocycles. The zero-order chi connectivity index (χ0) is 19.6. The first-order valence-electron chi connectivity index (χ1n) is 9.10. The number of carbonyl (C=O) groups excluding carboxylic acids is 1. The van der Waals surface area contributed by atoms with Gasteiger partial charge < -0.3 is 4.74 Å². The lowest BCUT2D eigenvalue weighted by molar-refractivity contribution is 0.0950. The summed E-state index contributed by atoms with van der Waals surface area (Å²) in [5.41, 5.74) is 5.33. The molecule has 3 aromatic rings. The number of amides is 1. The summed E-state index contributed by atoms with van der Waals surface area (Å²) in [6.45, 7) is 2.68. The molecular formula is C22H22N4O2. The van der Waals surface area contributed by atoms with Gasteiger partial charge in [-0.15, -0.1) is 0 Å². The van der Waals surface area contributed by atoms with Gasteiger partial charge in [0.2, 0.25) is 0 Å². The van der Waals surface area contributed by atoms with Crippen LogP contribution < -0.4 is 10.2 Å². The van der Waals surface area contributed by atoms with E-state index in [1.165, 1.54) is 6.21 Å². The van der Waals surface area contributed by atoms with Gasteiger partial charge in [-0.2, -0.15) is 10.2 Å². The standard InChI is InChI=1S/C22H22N4O2/c1-2-15-28-21-13-7-6-12-18(21)19-16-20(25-24-19)22(27)26-23-14-8-11-17-9-4-3-5-10-17/h3-14,16H,2,15H2,1H3,(H,24,25)(H,26,27)/b11-8+,23-14-. The molecular weight excluding hydrogens is 352 g/mol. The van der Waals surface area contributed by atoms with Gasteiger partial charge in [-0.3, -0.25) is 9.89 Å². The van der Waals surface area contributed by atoms with Crippen molar-refractivity contribution in [2.24, 2.45) is 5.10 Å². The number of rotatable bonds is 8. The fourth-order valence-electron chi connectivity index (χ4n) is 2.51. The Balaban J connectivity index is 1.61. The highest BCUT2D eigenvalue weighted by Crippen LogP contribution is 2.28. The van der Waals surface area contributed by atoms with Crippen LogP contribution in [0.3, 0.4) is 0 Å². The highest BCUT2D eigenvalue weighted by molar-refractivity contribution is 5.94. The monoisotopic (exact) mass is 374 g/mol. The molecule has 0 radical (unpaired) electrons. The second kappa shape index (κ2) is 9.87. The Morgan fingerprint density at radius 3 is 2.79 bits per heavy atom. The highest BCUT2D eigenvalue weighted by Gasteiger charge is 2.13. The SMILES string of the molecule is CCCOc1ccccc1-c1cc(C(=O)N/N=C\C=C\c2ccccc2)[nH]n1. The Labute approximate surface area is 163 Å². The second-order valence-electron chi connectivity index (χ2n) is 6.00. The van der Waals surface area contributed by atoms with Crippen molar-refractivity contribution in [2.75, 3.05) is 6.61 Å². The summed E-state index contributed by atoms with van der Waals surface area (Å²) in [7, 11) is 0. The van der Waals surface area contributed by atoms with E-state index >= 15 is 0 Å². The van der Waals surface area contributed by atoms with Crippen LogP contribution in [0.2, 0.25) is 0 Å². The van der Waals surface area contributed by atoms with E-state index in [0.29, 0.717) is 18.0 Å². The van der Waals surface area contributed by atoms with Crippen LogP contribution in [-0.2, 0) is 0 Å². The van der Waals surface area contributed by atoms with Gasteiger partial charge >= 0.3 is 0 Å². The number of aromatic amines is 1. The van der Waals surface area contributed by atoms with Crippen LogP contribution in [-0.4, -0.2) is 28.9 Å². The molecule has 0 atom stereocenters.